The van der Waals surface area contributed by atoms with E-state index in [1.807, 2.05) is 18.2 Å². The Morgan fingerprint density at radius 3 is 2.21 bits per heavy atom. The van der Waals surface area contributed by atoms with Gasteiger partial charge in [0, 0.05) is 29.7 Å². The first-order valence-electron chi connectivity index (χ1n) is 12.1. The zero-order chi connectivity index (χ0) is 27.0. The van der Waals surface area contributed by atoms with Gasteiger partial charge in [-0.3, -0.25) is 4.79 Å². The molecule has 1 heterocycles. The largest absolute Gasteiger partial charge is 0.360 e. The fraction of sp³-hybridized carbons (Fsp3) is 0.296. The van der Waals surface area contributed by atoms with Crippen LogP contribution in [0, 0.1) is 5.82 Å². The molecule has 1 N–H and O–H groups in total. The van der Waals surface area contributed by atoms with Crippen molar-refractivity contribution in [1.29, 1.82) is 0 Å². The molecule has 1 saturated heterocycles. The summed E-state index contributed by atoms with van der Waals surface area (Å²) < 4.78 is 41.9. The van der Waals surface area contributed by atoms with Crippen LogP contribution in [0.3, 0.4) is 0 Å². The van der Waals surface area contributed by atoms with Crippen molar-refractivity contribution >= 4 is 56.4 Å². The topological polar surface area (TPSA) is 69.7 Å². The molecule has 1 saturated carbocycles. The summed E-state index contributed by atoms with van der Waals surface area (Å²) in [4.78, 5) is 17.7. The number of amides is 1. The van der Waals surface area contributed by atoms with Crippen LogP contribution in [-0.2, 0) is 14.8 Å². The van der Waals surface area contributed by atoms with E-state index in [0.717, 1.165) is 11.3 Å². The second-order valence-electron chi connectivity index (χ2n) is 9.49. The van der Waals surface area contributed by atoms with Crippen LogP contribution in [0.1, 0.15) is 36.1 Å². The van der Waals surface area contributed by atoms with Crippen LogP contribution in [0.2, 0.25) is 15.1 Å². The number of sulfonamides is 1. The van der Waals surface area contributed by atoms with E-state index < -0.39 is 33.0 Å². The molecule has 11 heteroatoms. The summed E-state index contributed by atoms with van der Waals surface area (Å²) in [6.07, 6.45) is 1.11. The molecule has 0 radical (unpaired) electrons. The lowest BCUT2D eigenvalue weighted by Gasteiger charge is -2.44. The molecular formula is C27H25Cl3FN3O3S. The first-order chi connectivity index (χ1) is 18.1. The van der Waals surface area contributed by atoms with Gasteiger partial charge in [0.25, 0.3) is 0 Å². The molecule has 0 unspecified atom stereocenters. The lowest BCUT2D eigenvalue weighted by Crippen LogP contribution is -2.53. The van der Waals surface area contributed by atoms with Crippen molar-refractivity contribution in [3.63, 3.8) is 0 Å². The lowest BCUT2D eigenvalue weighted by atomic mass is 9.99. The number of carbonyl (C=O) groups is 1. The molecule has 0 aromatic heterocycles. The average Bonchev–Trinajstić information content (AvgIpc) is 3.75. The predicted octanol–water partition coefficient (Wildman–Crippen LogP) is 6.00. The third-order valence-electron chi connectivity index (χ3n) is 6.86. The maximum absolute atomic E-state index is 13.9. The number of rotatable bonds is 7. The van der Waals surface area contributed by atoms with Crippen LogP contribution < -0.4 is 9.62 Å². The number of nitrogens with one attached hydrogen (secondary N) is 1. The molecule has 2 fully saturated rings. The van der Waals surface area contributed by atoms with Gasteiger partial charge in [-0.1, -0.05) is 59.1 Å². The quantitative estimate of drug-likeness (QED) is 0.363. The van der Waals surface area contributed by atoms with Gasteiger partial charge in [0.15, 0.2) is 0 Å². The van der Waals surface area contributed by atoms with Crippen LogP contribution in [-0.4, -0.2) is 44.1 Å². The molecule has 3 aromatic carbocycles. The Balaban J connectivity index is 1.47. The maximum atomic E-state index is 13.9. The van der Waals surface area contributed by atoms with Crippen LogP contribution >= 0.6 is 34.8 Å². The van der Waals surface area contributed by atoms with Gasteiger partial charge in [-0.25, -0.2) is 12.8 Å². The van der Waals surface area contributed by atoms with Gasteiger partial charge in [0.2, 0.25) is 15.9 Å². The minimum atomic E-state index is -3.71. The SMILES string of the molecule is O=C([C@@H](NS(=O)(=O)C1CC1)c1ccc(F)cc1)N1CCN(c2ccc(Cl)cc2Cl)[C@H](c2ccc(Cl)cc2)C1. The molecule has 0 spiro atoms. The van der Waals surface area contributed by atoms with Crippen LogP contribution in [0.15, 0.2) is 66.7 Å². The molecule has 1 aliphatic carbocycles. The summed E-state index contributed by atoms with van der Waals surface area (Å²) in [5.41, 5.74) is 2.06. The Kier molecular flexibility index (Phi) is 7.89. The second kappa shape index (κ2) is 11.0. The van der Waals surface area contributed by atoms with E-state index in [0.29, 0.717) is 46.6 Å². The molecule has 0 bridgehead atoms. The van der Waals surface area contributed by atoms with E-state index in [1.165, 1.54) is 24.3 Å². The Bertz CT molecular complexity index is 1430. The van der Waals surface area contributed by atoms with Gasteiger partial charge in [-0.15, -0.1) is 0 Å². The van der Waals surface area contributed by atoms with E-state index in [-0.39, 0.29) is 12.6 Å². The number of halogens is 4. The van der Waals surface area contributed by atoms with Crippen molar-refractivity contribution in [3.8, 4) is 0 Å². The normalized spacial score (nSPS) is 18.9. The first kappa shape index (κ1) is 27.2. The minimum Gasteiger partial charge on any atom is -0.360 e. The molecule has 3 aromatic rings. The van der Waals surface area contributed by atoms with Gasteiger partial charge in [-0.2, -0.15) is 4.72 Å². The number of nitrogens with zero attached hydrogens (tertiary/aromatic N) is 2. The molecule has 6 nitrogen and oxygen atoms in total. The Labute approximate surface area is 236 Å². The van der Waals surface area contributed by atoms with Crippen molar-refractivity contribution in [1.82, 2.24) is 9.62 Å². The smallest absolute Gasteiger partial charge is 0.245 e. The maximum Gasteiger partial charge on any atom is 0.245 e. The zero-order valence-electron chi connectivity index (χ0n) is 20.2. The fourth-order valence-corrected chi connectivity index (χ4v) is 6.85. The Hall–Kier alpha value is -2.36. The second-order valence-corrected chi connectivity index (χ2v) is 12.8. The predicted molar refractivity (Wildman–Crippen MR) is 149 cm³/mol. The summed E-state index contributed by atoms with van der Waals surface area (Å²) in [7, 11) is -3.71. The highest BCUT2D eigenvalue weighted by Gasteiger charge is 2.41. The van der Waals surface area contributed by atoms with Gasteiger partial charge in [0.1, 0.15) is 11.9 Å². The van der Waals surface area contributed by atoms with E-state index in [4.69, 9.17) is 34.8 Å². The molecular weight excluding hydrogens is 572 g/mol. The Morgan fingerprint density at radius 1 is 0.921 bits per heavy atom. The van der Waals surface area contributed by atoms with Crippen molar-refractivity contribution in [2.45, 2.75) is 30.2 Å². The number of benzene rings is 3. The summed E-state index contributed by atoms with van der Waals surface area (Å²) in [6.45, 7) is 1.03. The molecule has 1 aliphatic heterocycles. The summed E-state index contributed by atoms with van der Waals surface area (Å²) in [5, 5.41) is 1.07. The first-order valence-corrected chi connectivity index (χ1v) is 14.8. The highest BCUT2D eigenvalue weighted by atomic mass is 35.5. The average molecular weight is 597 g/mol. The third kappa shape index (κ3) is 5.95. The van der Waals surface area contributed by atoms with Gasteiger partial charge in [-0.05, 0) is 66.4 Å². The third-order valence-corrected chi connectivity index (χ3v) is 9.56. The van der Waals surface area contributed by atoms with E-state index in [1.54, 1.807) is 29.2 Å². The minimum absolute atomic E-state index is 0.266. The molecule has 5 rings (SSSR count). The summed E-state index contributed by atoms with van der Waals surface area (Å²) in [5.74, 6) is -0.872. The highest BCUT2D eigenvalue weighted by molar-refractivity contribution is 7.90. The van der Waals surface area contributed by atoms with E-state index >= 15 is 0 Å². The van der Waals surface area contributed by atoms with Crippen molar-refractivity contribution in [2.75, 3.05) is 24.5 Å². The number of piperazine rings is 1. The number of carbonyl (C=O) groups excluding carboxylic acids is 1. The molecule has 2 atom stereocenters. The molecule has 200 valence electrons. The molecule has 1 amide bonds. The van der Waals surface area contributed by atoms with E-state index in [2.05, 4.69) is 9.62 Å². The summed E-state index contributed by atoms with van der Waals surface area (Å²) >= 11 is 18.8. The van der Waals surface area contributed by atoms with Gasteiger partial charge in [0.05, 0.1) is 22.0 Å². The van der Waals surface area contributed by atoms with Crippen LogP contribution in [0.4, 0.5) is 10.1 Å². The lowest BCUT2D eigenvalue weighted by molar-refractivity contribution is -0.134. The summed E-state index contributed by atoms with van der Waals surface area (Å²) in [6, 6.07) is 16.5. The van der Waals surface area contributed by atoms with Crippen molar-refractivity contribution in [3.05, 3.63) is 98.7 Å². The number of hydrogen-bond acceptors (Lipinski definition) is 4. The van der Waals surface area contributed by atoms with Crippen molar-refractivity contribution < 1.29 is 17.6 Å². The standard InChI is InChI=1S/C27H25Cl3FN3O3S/c28-19-5-1-17(2-6-19)25-16-33(13-14-34(25)24-12-7-20(29)15-23(24)30)27(35)26(18-3-8-21(31)9-4-18)32-38(36,37)22-10-11-22/h1-9,12,15,22,25-26,32H,10-11,13-14,16H2/t25-,26-/m0/s1. The molecule has 2 aliphatic rings. The Morgan fingerprint density at radius 2 is 1.58 bits per heavy atom. The zero-order valence-corrected chi connectivity index (χ0v) is 23.2. The monoisotopic (exact) mass is 595 g/mol. The fourth-order valence-electron chi connectivity index (χ4n) is 4.69. The van der Waals surface area contributed by atoms with Crippen LogP contribution in [0.25, 0.3) is 0 Å². The van der Waals surface area contributed by atoms with E-state index in [9.17, 15) is 17.6 Å². The van der Waals surface area contributed by atoms with Gasteiger partial charge >= 0.3 is 0 Å². The van der Waals surface area contributed by atoms with Crippen molar-refractivity contribution in [2.24, 2.45) is 0 Å². The highest BCUT2D eigenvalue weighted by Crippen LogP contribution is 2.38. The number of anilines is 1. The van der Waals surface area contributed by atoms with Crippen LogP contribution in [0.5, 0.6) is 0 Å². The molecule has 38 heavy (non-hydrogen) atoms. The number of hydrogen-bond donors (Lipinski definition) is 1. The van der Waals surface area contributed by atoms with Gasteiger partial charge < -0.3 is 9.80 Å².